The lowest BCUT2D eigenvalue weighted by atomic mass is 10.1. The average molecular weight is 707 g/mol. The summed E-state index contributed by atoms with van der Waals surface area (Å²) < 4.78 is 21.9. The summed E-state index contributed by atoms with van der Waals surface area (Å²) in [5.41, 5.74) is 10.3. The smallest absolute Gasteiger partial charge is 0.108 e. The van der Waals surface area contributed by atoms with Crippen molar-refractivity contribution >= 4 is 0 Å². The van der Waals surface area contributed by atoms with Crippen molar-refractivity contribution in [1.29, 1.82) is 0 Å². The zero-order chi connectivity index (χ0) is 39.2. The van der Waals surface area contributed by atoms with Gasteiger partial charge in [0.25, 0.3) is 0 Å². The molecule has 0 atom stereocenters. The maximum Gasteiger partial charge on any atom is 0.108 e. The monoisotopic (exact) mass is 707 g/mol. The van der Waals surface area contributed by atoms with Crippen molar-refractivity contribution in [3.05, 3.63) is 82.2 Å². The molecule has 0 unspecified atom stereocenters. The number of hydrogen-bond acceptors (Lipinski definition) is 6. The molecule has 2 aromatic carbocycles. The van der Waals surface area contributed by atoms with Gasteiger partial charge in [0.15, 0.2) is 0 Å². The molecule has 0 radical (unpaired) electrons. The second kappa shape index (κ2) is 28.3. The first-order valence-electron chi connectivity index (χ1n) is 17.9. The molecule has 8 nitrogen and oxygen atoms in total. The van der Waals surface area contributed by atoms with Crippen molar-refractivity contribution in [2.24, 2.45) is 5.11 Å². The molecule has 0 saturated heterocycles. The molecule has 0 saturated carbocycles. The third-order valence-corrected chi connectivity index (χ3v) is 5.92. The molecule has 0 bridgehead atoms. The van der Waals surface area contributed by atoms with Crippen molar-refractivity contribution in [3.63, 3.8) is 0 Å². The van der Waals surface area contributed by atoms with Gasteiger partial charge in [0.05, 0.1) is 42.2 Å². The van der Waals surface area contributed by atoms with Crippen LogP contribution in [0.2, 0.25) is 0 Å². The van der Waals surface area contributed by atoms with E-state index in [0.717, 1.165) is 39.3 Å². The van der Waals surface area contributed by atoms with Gasteiger partial charge >= 0.3 is 0 Å². The van der Waals surface area contributed by atoms with Gasteiger partial charge in [-0.2, -0.15) is 0 Å². The van der Waals surface area contributed by atoms with Crippen LogP contribution in [0.4, 0.5) is 0 Å². The van der Waals surface area contributed by atoms with E-state index in [0.29, 0.717) is 19.8 Å². The zero-order valence-electron chi connectivity index (χ0n) is 34.6. The SMILES string of the molecule is CC#CCCOC(C)(C)C.CC#CCOC(C)(C)C.CC(C)(C)OCCN(Cc1ccccc1)Cc1ccccc1.CC(C)(C)OCCN=[N+]=[N-]. The van der Waals surface area contributed by atoms with Crippen molar-refractivity contribution in [3.8, 4) is 23.7 Å². The standard InChI is InChI=1S/C20H27NO.C9H16O.C8H14O.C6H13N3O/c1-20(2,3)22-15-14-21(16-18-10-6-4-7-11-18)17-19-12-8-5-9-13-19;1-5-6-7-8-10-9(2,3)4;1-5-6-7-9-8(2,3)4;1-6(2,3)10-5-4-8-9-7/h4-13H,14-17H2,1-3H3;7-8H2,1-4H3;7H2,1-4H3;4-5H2,1-3H3. The van der Waals surface area contributed by atoms with Gasteiger partial charge in [0.1, 0.15) is 6.61 Å². The van der Waals surface area contributed by atoms with Crippen LogP contribution in [0.3, 0.4) is 0 Å². The van der Waals surface area contributed by atoms with Gasteiger partial charge in [0, 0.05) is 37.5 Å². The second-order valence-electron chi connectivity index (χ2n) is 15.5. The lowest BCUT2D eigenvalue weighted by Gasteiger charge is -2.26. The van der Waals surface area contributed by atoms with Crippen LogP contribution >= 0.6 is 0 Å². The maximum atomic E-state index is 7.90. The summed E-state index contributed by atoms with van der Waals surface area (Å²) in [4.78, 5) is 5.04. The van der Waals surface area contributed by atoms with E-state index in [-0.39, 0.29) is 22.4 Å². The van der Waals surface area contributed by atoms with Crippen LogP contribution in [0.25, 0.3) is 10.4 Å². The van der Waals surface area contributed by atoms with E-state index in [1.54, 1.807) is 0 Å². The van der Waals surface area contributed by atoms with Crippen LogP contribution in [-0.4, -0.2) is 66.8 Å². The van der Waals surface area contributed by atoms with E-state index in [1.165, 1.54) is 11.1 Å². The number of azide groups is 1. The van der Waals surface area contributed by atoms with Crippen LogP contribution < -0.4 is 0 Å². The van der Waals surface area contributed by atoms with Crippen LogP contribution in [0.15, 0.2) is 65.8 Å². The topological polar surface area (TPSA) is 88.9 Å². The van der Waals surface area contributed by atoms with Gasteiger partial charge in [-0.3, -0.25) is 4.90 Å². The minimum atomic E-state index is -0.134. The predicted octanol–water partition coefficient (Wildman–Crippen LogP) is 10.7. The lowest BCUT2D eigenvalue weighted by Crippen LogP contribution is -2.30. The summed E-state index contributed by atoms with van der Waals surface area (Å²) in [6.45, 7) is 33.8. The second-order valence-corrected chi connectivity index (χ2v) is 15.5. The molecule has 51 heavy (non-hydrogen) atoms. The van der Waals surface area contributed by atoms with E-state index >= 15 is 0 Å². The normalized spacial score (nSPS) is 11.0. The third kappa shape index (κ3) is 41.0. The predicted molar refractivity (Wildman–Crippen MR) is 215 cm³/mol. The lowest BCUT2D eigenvalue weighted by molar-refractivity contribution is -0.0148. The molecule has 0 aromatic heterocycles. The van der Waals surface area contributed by atoms with Crippen LogP contribution in [0.1, 0.15) is 114 Å². The van der Waals surface area contributed by atoms with E-state index < -0.39 is 0 Å². The minimum absolute atomic E-state index is 0.0184. The van der Waals surface area contributed by atoms with Crippen molar-refractivity contribution in [1.82, 2.24) is 4.90 Å². The number of rotatable bonds is 13. The molecular formula is C43H70N4O4. The quantitative estimate of drug-likeness (QED) is 0.0680. The third-order valence-electron chi connectivity index (χ3n) is 5.92. The highest BCUT2D eigenvalue weighted by molar-refractivity contribution is 5.17. The molecule has 286 valence electrons. The summed E-state index contributed by atoms with van der Waals surface area (Å²) in [6, 6.07) is 21.3. The highest BCUT2D eigenvalue weighted by Gasteiger charge is 2.13. The molecule has 0 aliphatic carbocycles. The highest BCUT2D eigenvalue weighted by atomic mass is 16.5. The Labute approximate surface area is 312 Å². The Kier molecular flexibility index (Phi) is 27.6. The maximum absolute atomic E-state index is 7.90. The molecule has 0 fully saturated rings. The van der Waals surface area contributed by atoms with Gasteiger partial charge in [-0.25, -0.2) is 0 Å². The van der Waals surface area contributed by atoms with E-state index in [4.69, 9.17) is 24.5 Å². The fourth-order valence-corrected chi connectivity index (χ4v) is 3.67. The molecular weight excluding hydrogens is 636 g/mol. The zero-order valence-corrected chi connectivity index (χ0v) is 34.6. The first-order chi connectivity index (χ1) is 23.7. The first-order valence-corrected chi connectivity index (χ1v) is 17.9. The first kappa shape index (κ1) is 49.8. The van der Waals surface area contributed by atoms with Crippen molar-refractivity contribution in [2.45, 2.75) is 139 Å². The fraction of sp³-hybridized carbons (Fsp3) is 0.628. The summed E-state index contributed by atoms with van der Waals surface area (Å²) in [5.74, 6) is 11.4. The summed E-state index contributed by atoms with van der Waals surface area (Å²) in [6.07, 6.45) is 0.841. The van der Waals surface area contributed by atoms with E-state index in [2.05, 4.69) is 120 Å². The molecule has 0 heterocycles. The van der Waals surface area contributed by atoms with Gasteiger partial charge in [-0.15, -0.1) is 17.8 Å². The molecule has 0 aliphatic rings. The number of benzene rings is 2. The molecule has 0 aliphatic heterocycles. The van der Waals surface area contributed by atoms with Crippen LogP contribution in [-0.2, 0) is 32.0 Å². The van der Waals surface area contributed by atoms with Gasteiger partial charge < -0.3 is 18.9 Å². The van der Waals surface area contributed by atoms with Crippen molar-refractivity contribution in [2.75, 3.05) is 39.5 Å². The minimum Gasteiger partial charge on any atom is -0.376 e. The molecule has 2 rings (SSSR count). The molecule has 2 aromatic rings. The molecule has 8 heteroatoms. The summed E-state index contributed by atoms with van der Waals surface area (Å²) in [5, 5.41) is 3.33. The molecule has 0 N–H and O–H groups in total. The Balaban J connectivity index is 0. The van der Waals surface area contributed by atoms with E-state index in [9.17, 15) is 0 Å². The fourth-order valence-electron chi connectivity index (χ4n) is 3.67. The van der Waals surface area contributed by atoms with Gasteiger partial charge in [-0.1, -0.05) is 71.7 Å². The Morgan fingerprint density at radius 1 is 0.588 bits per heavy atom. The van der Waals surface area contributed by atoms with Crippen molar-refractivity contribution < 1.29 is 18.9 Å². The Hall–Kier alpha value is -3.33. The van der Waals surface area contributed by atoms with Crippen LogP contribution in [0.5, 0.6) is 0 Å². The molecule has 0 amide bonds. The van der Waals surface area contributed by atoms with E-state index in [1.807, 2.05) is 76.2 Å². The number of nitrogens with zero attached hydrogens (tertiary/aromatic N) is 4. The number of ether oxygens (including phenoxy) is 4. The Bertz CT molecular complexity index is 1250. The summed E-state index contributed by atoms with van der Waals surface area (Å²) >= 11 is 0. The average Bonchev–Trinajstić information content (AvgIpc) is 3.01. The van der Waals surface area contributed by atoms with Gasteiger partial charge in [0.2, 0.25) is 0 Å². The van der Waals surface area contributed by atoms with Crippen LogP contribution in [0, 0.1) is 23.7 Å². The Morgan fingerprint density at radius 3 is 1.39 bits per heavy atom. The molecule has 0 spiro atoms. The highest BCUT2D eigenvalue weighted by Crippen LogP contribution is 2.12. The Morgan fingerprint density at radius 2 is 1.00 bits per heavy atom. The summed E-state index contributed by atoms with van der Waals surface area (Å²) in [7, 11) is 0. The number of hydrogen-bond donors (Lipinski definition) is 0. The largest absolute Gasteiger partial charge is 0.376 e. The van der Waals surface area contributed by atoms with Gasteiger partial charge in [-0.05, 0) is 114 Å².